The predicted molar refractivity (Wildman–Crippen MR) is 74.7 cm³/mol. The van der Waals surface area contributed by atoms with E-state index in [-0.39, 0.29) is 5.54 Å². The minimum Gasteiger partial charge on any atom is -0.377 e. The SMILES string of the molecule is CC1OCCC1N(C)C1(CN)CCCN(C)CC1. The maximum Gasteiger partial charge on any atom is 0.0703 e. The van der Waals surface area contributed by atoms with Gasteiger partial charge in [0.25, 0.3) is 0 Å². The quantitative estimate of drug-likeness (QED) is 0.814. The lowest BCUT2D eigenvalue weighted by molar-refractivity contribution is 0.0208. The minimum atomic E-state index is 0.178. The normalized spacial score (nSPS) is 39.2. The van der Waals surface area contributed by atoms with Crippen molar-refractivity contribution in [3.63, 3.8) is 0 Å². The summed E-state index contributed by atoms with van der Waals surface area (Å²) in [5, 5.41) is 0. The molecule has 0 aliphatic carbocycles. The summed E-state index contributed by atoms with van der Waals surface area (Å²) in [4.78, 5) is 4.98. The highest BCUT2D eigenvalue weighted by Gasteiger charge is 2.41. The Labute approximate surface area is 111 Å². The van der Waals surface area contributed by atoms with Gasteiger partial charge in [-0.25, -0.2) is 0 Å². The van der Waals surface area contributed by atoms with Crippen LogP contribution in [0.3, 0.4) is 0 Å². The lowest BCUT2D eigenvalue weighted by Crippen LogP contribution is -2.57. The first-order valence-corrected chi connectivity index (χ1v) is 7.32. The molecule has 4 nitrogen and oxygen atoms in total. The van der Waals surface area contributed by atoms with Gasteiger partial charge in [0.15, 0.2) is 0 Å². The third-order valence-corrected chi connectivity index (χ3v) is 5.10. The van der Waals surface area contributed by atoms with Crippen LogP contribution in [0.5, 0.6) is 0 Å². The zero-order valence-corrected chi connectivity index (χ0v) is 12.2. The van der Waals surface area contributed by atoms with Crippen LogP contribution in [0, 0.1) is 0 Å². The van der Waals surface area contributed by atoms with Crippen molar-refractivity contribution >= 4 is 0 Å². The van der Waals surface area contributed by atoms with E-state index in [0.29, 0.717) is 12.1 Å². The summed E-state index contributed by atoms with van der Waals surface area (Å²) in [7, 11) is 4.47. The molecule has 2 fully saturated rings. The molecular formula is C14H29N3O. The predicted octanol–water partition coefficient (Wildman–Crippen LogP) is 0.909. The minimum absolute atomic E-state index is 0.178. The first-order chi connectivity index (χ1) is 8.59. The largest absolute Gasteiger partial charge is 0.377 e. The fourth-order valence-corrected chi connectivity index (χ4v) is 3.60. The molecule has 2 heterocycles. The van der Waals surface area contributed by atoms with E-state index >= 15 is 0 Å². The molecule has 0 amide bonds. The second-order valence-corrected chi connectivity index (χ2v) is 6.13. The molecule has 2 N–H and O–H groups in total. The van der Waals surface area contributed by atoms with Crippen LogP contribution in [0.15, 0.2) is 0 Å². The summed E-state index contributed by atoms with van der Waals surface area (Å²) in [6.07, 6.45) is 5.14. The zero-order chi connectivity index (χ0) is 13.2. The van der Waals surface area contributed by atoms with Crippen LogP contribution in [-0.4, -0.2) is 67.8 Å². The van der Waals surface area contributed by atoms with Crippen molar-refractivity contribution in [3.05, 3.63) is 0 Å². The van der Waals surface area contributed by atoms with E-state index in [4.69, 9.17) is 10.5 Å². The van der Waals surface area contributed by atoms with Gasteiger partial charge in [-0.15, -0.1) is 0 Å². The van der Waals surface area contributed by atoms with E-state index in [1.807, 2.05) is 0 Å². The fourth-order valence-electron chi connectivity index (χ4n) is 3.60. The molecular weight excluding hydrogens is 226 g/mol. The van der Waals surface area contributed by atoms with Crippen LogP contribution in [0.4, 0.5) is 0 Å². The standard InChI is InChI=1S/C14H29N3O/c1-12-13(5-10-18-12)17(3)14(11-15)6-4-8-16(2)9-7-14/h12-13H,4-11,15H2,1-3H3. The molecule has 106 valence electrons. The van der Waals surface area contributed by atoms with Crippen LogP contribution in [-0.2, 0) is 4.74 Å². The molecule has 0 spiro atoms. The van der Waals surface area contributed by atoms with Crippen molar-refractivity contribution in [1.82, 2.24) is 9.80 Å². The number of rotatable bonds is 3. The van der Waals surface area contributed by atoms with Crippen molar-refractivity contribution in [2.24, 2.45) is 5.73 Å². The van der Waals surface area contributed by atoms with Gasteiger partial charge in [0.2, 0.25) is 0 Å². The summed E-state index contributed by atoms with van der Waals surface area (Å²) in [6.45, 7) is 6.22. The first-order valence-electron chi connectivity index (χ1n) is 7.32. The van der Waals surface area contributed by atoms with Gasteiger partial charge in [-0.1, -0.05) is 0 Å². The number of ether oxygens (including phenoxy) is 1. The number of hydrogen-bond donors (Lipinski definition) is 1. The molecule has 2 aliphatic rings. The van der Waals surface area contributed by atoms with Crippen molar-refractivity contribution < 1.29 is 4.74 Å². The fraction of sp³-hybridized carbons (Fsp3) is 1.00. The monoisotopic (exact) mass is 255 g/mol. The Morgan fingerprint density at radius 2 is 2.17 bits per heavy atom. The van der Waals surface area contributed by atoms with E-state index in [0.717, 1.165) is 26.1 Å². The Morgan fingerprint density at radius 3 is 2.78 bits per heavy atom. The lowest BCUT2D eigenvalue weighted by Gasteiger charge is -2.45. The number of nitrogens with zero attached hydrogens (tertiary/aromatic N) is 2. The van der Waals surface area contributed by atoms with E-state index in [9.17, 15) is 0 Å². The molecule has 2 rings (SSSR count). The summed E-state index contributed by atoms with van der Waals surface area (Å²) in [5.74, 6) is 0. The summed E-state index contributed by atoms with van der Waals surface area (Å²) in [6, 6.07) is 0.539. The zero-order valence-electron chi connectivity index (χ0n) is 12.2. The molecule has 0 aromatic heterocycles. The summed E-state index contributed by atoms with van der Waals surface area (Å²) < 4.78 is 5.73. The average molecular weight is 255 g/mol. The van der Waals surface area contributed by atoms with E-state index in [1.54, 1.807) is 0 Å². The van der Waals surface area contributed by atoms with Crippen molar-refractivity contribution in [2.45, 2.75) is 50.3 Å². The summed E-state index contributed by atoms with van der Waals surface area (Å²) in [5.41, 5.74) is 6.34. The van der Waals surface area contributed by atoms with Crippen LogP contribution in [0.25, 0.3) is 0 Å². The third kappa shape index (κ3) is 2.72. The average Bonchev–Trinajstić information content (AvgIpc) is 2.69. The highest BCUT2D eigenvalue weighted by atomic mass is 16.5. The van der Waals surface area contributed by atoms with E-state index < -0.39 is 0 Å². The van der Waals surface area contributed by atoms with Gasteiger partial charge >= 0.3 is 0 Å². The number of hydrogen-bond acceptors (Lipinski definition) is 4. The van der Waals surface area contributed by atoms with Gasteiger partial charge in [0, 0.05) is 24.7 Å². The number of likely N-dealkylation sites (tertiary alicyclic amines) is 1. The van der Waals surface area contributed by atoms with Crippen molar-refractivity contribution in [3.8, 4) is 0 Å². The smallest absolute Gasteiger partial charge is 0.0703 e. The summed E-state index contributed by atoms with van der Waals surface area (Å²) >= 11 is 0. The Kier molecular flexibility index (Phi) is 4.64. The Bertz CT molecular complexity index is 274. The molecule has 0 radical (unpaired) electrons. The Balaban J connectivity index is 2.10. The van der Waals surface area contributed by atoms with Gasteiger partial charge in [-0.3, -0.25) is 4.90 Å². The van der Waals surface area contributed by atoms with Gasteiger partial charge in [-0.05, 0) is 59.8 Å². The van der Waals surface area contributed by atoms with Crippen LogP contribution >= 0.6 is 0 Å². The highest BCUT2D eigenvalue weighted by molar-refractivity contribution is 4.97. The van der Waals surface area contributed by atoms with Crippen LogP contribution in [0.2, 0.25) is 0 Å². The second kappa shape index (κ2) is 5.87. The molecule has 18 heavy (non-hydrogen) atoms. The van der Waals surface area contributed by atoms with Gasteiger partial charge < -0.3 is 15.4 Å². The molecule has 3 atom stereocenters. The van der Waals surface area contributed by atoms with Crippen molar-refractivity contribution in [2.75, 3.05) is 40.3 Å². The molecule has 0 aromatic carbocycles. The maximum atomic E-state index is 6.17. The van der Waals surface area contributed by atoms with Gasteiger partial charge in [-0.2, -0.15) is 0 Å². The Morgan fingerprint density at radius 1 is 1.39 bits per heavy atom. The molecule has 4 heteroatoms. The third-order valence-electron chi connectivity index (χ3n) is 5.10. The Hall–Kier alpha value is -0.160. The van der Waals surface area contributed by atoms with Gasteiger partial charge in [0.05, 0.1) is 6.10 Å². The molecule has 2 aliphatic heterocycles. The highest BCUT2D eigenvalue weighted by Crippen LogP contribution is 2.32. The number of likely N-dealkylation sites (N-methyl/N-ethyl adjacent to an activating group) is 1. The van der Waals surface area contributed by atoms with Gasteiger partial charge in [0.1, 0.15) is 0 Å². The molecule has 0 bridgehead atoms. The first kappa shape index (κ1) is 14.3. The lowest BCUT2D eigenvalue weighted by atomic mass is 9.86. The topological polar surface area (TPSA) is 41.7 Å². The van der Waals surface area contributed by atoms with Crippen molar-refractivity contribution in [1.29, 1.82) is 0 Å². The van der Waals surface area contributed by atoms with Crippen LogP contribution in [0.1, 0.15) is 32.6 Å². The van der Waals surface area contributed by atoms with E-state index in [1.165, 1.54) is 25.8 Å². The van der Waals surface area contributed by atoms with Crippen LogP contribution < -0.4 is 5.73 Å². The molecule has 2 saturated heterocycles. The molecule has 3 unspecified atom stereocenters. The number of nitrogens with two attached hydrogens (primary N) is 1. The molecule has 0 aromatic rings. The molecule has 0 saturated carbocycles. The second-order valence-electron chi connectivity index (χ2n) is 6.13. The maximum absolute atomic E-state index is 6.17. The van der Waals surface area contributed by atoms with E-state index in [2.05, 4.69) is 30.8 Å².